The molecule has 2 heterocycles. The van der Waals surface area contributed by atoms with Crippen molar-refractivity contribution in [2.24, 2.45) is 0 Å². The number of nitrogens with zero attached hydrogens (tertiary/aromatic N) is 4. The van der Waals surface area contributed by atoms with Crippen LogP contribution in [-0.2, 0) is 0 Å². The van der Waals surface area contributed by atoms with E-state index in [1.807, 2.05) is 39.0 Å². The second kappa shape index (κ2) is 5.29. The van der Waals surface area contributed by atoms with E-state index in [9.17, 15) is 0 Å². The molecule has 0 aliphatic rings. The van der Waals surface area contributed by atoms with E-state index in [2.05, 4.69) is 15.1 Å². The molecular weight excluding hydrogens is 280 g/mol. The Bertz CT molecular complexity index is 855. The molecule has 0 N–H and O–H groups in total. The Morgan fingerprint density at radius 1 is 0.955 bits per heavy atom. The number of methoxy groups -OCH3 is 2. The molecule has 0 fully saturated rings. The van der Waals surface area contributed by atoms with E-state index in [0.717, 1.165) is 34.1 Å². The van der Waals surface area contributed by atoms with E-state index >= 15 is 0 Å². The predicted molar refractivity (Wildman–Crippen MR) is 83.5 cm³/mol. The minimum absolute atomic E-state index is 0.682. The molecule has 6 heteroatoms. The number of aryl methyl sites for hydroxylation is 3. The molecule has 0 unspecified atom stereocenters. The van der Waals surface area contributed by atoms with Crippen molar-refractivity contribution < 1.29 is 9.47 Å². The van der Waals surface area contributed by atoms with E-state index in [1.165, 1.54) is 0 Å². The summed E-state index contributed by atoms with van der Waals surface area (Å²) >= 11 is 0. The normalized spacial score (nSPS) is 11.0. The van der Waals surface area contributed by atoms with Crippen LogP contribution in [-0.4, -0.2) is 33.8 Å². The smallest absolute Gasteiger partial charge is 0.167 e. The van der Waals surface area contributed by atoms with Gasteiger partial charge in [0.15, 0.2) is 17.1 Å². The second-order valence-corrected chi connectivity index (χ2v) is 5.08. The first-order valence-electron chi connectivity index (χ1n) is 6.98. The van der Waals surface area contributed by atoms with E-state index in [1.54, 1.807) is 18.7 Å². The zero-order valence-corrected chi connectivity index (χ0v) is 13.3. The fraction of sp³-hybridized carbons (Fsp3) is 0.312. The van der Waals surface area contributed by atoms with Crippen molar-refractivity contribution in [1.82, 2.24) is 19.6 Å². The van der Waals surface area contributed by atoms with Gasteiger partial charge in [0, 0.05) is 5.56 Å². The highest BCUT2D eigenvalue weighted by molar-refractivity contribution is 5.81. The lowest BCUT2D eigenvalue weighted by atomic mass is 10.1. The van der Waals surface area contributed by atoms with E-state index in [4.69, 9.17) is 9.47 Å². The first kappa shape index (κ1) is 14.3. The Hall–Kier alpha value is -2.63. The molecule has 114 valence electrons. The minimum Gasteiger partial charge on any atom is -0.493 e. The van der Waals surface area contributed by atoms with Crippen LogP contribution in [0, 0.1) is 20.8 Å². The molecule has 0 saturated carbocycles. The maximum Gasteiger partial charge on any atom is 0.167 e. The Morgan fingerprint density at radius 2 is 1.68 bits per heavy atom. The fourth-order valence-corrected chi connectivity index (χ4v) is 2.63. The lowest BCUT2D eigenvalue weighted by molar-refractivity contribution is 0.355. The second-order valence-electron chi connectivity index (χ2n) is 5.08. The molecule has 0 spiro atoms. The standard InChI is InChI=1S/C16H18N4O2/c1-9-15(12-6-7-13(21-4)14(8-12)22-5)16-18-10(2)17-11(3)20(16)19-9/h6-8H,1-5H3. The molecule has 0 aliphatic heterocycles. The van der Waals surface area contributed by atoms with Crippen LogP contribution in [0.3, 0.4) is 0 Å². The number of ether oxygens (including phenoxy) is 2. The Morgan fingerprint density at radius 3 is 2.36 bits per heavy atom. The van der Waals surface area contributed by atoms with Crippen molar-refractivity contribution in [3.63, 3.8) is 0 Å². The fourth-order valence-electron chi connectivity index (χ4n) is 2.63. The molecule has 0 atom stereocenters. The highest BCUT2D eigenvalue weighted by Gasteiger charge is 2.17. The number of benzene rings is 1. The maximum absolute atomic E-state index is 5.39. The molecule has 1 aromatic carbocycles. The summed E-state index contributed by atoms with van der Waals surface area (Å²) in [5.41, 5.74) is 3.67. The average Bonchev–Trinajstić information content (AvgIpc) is 2.83. The van der Waals surface area contributed by atoms with Crippen molar-refractivity contribution in [3.8, 4) is 22.6 Å². The molecule has 3 aromatic rings. The highest BCUT2D eigenvalue weighted by Crippen LogP contribution is 2.35. The number of hydrogen-bond donors (Lipinski definition) is 0. The monoisotopic (exact) mass is 298 g/mol. The Kier molecular flexibility index (Phi) is 3.44. The maximum atomic E-state index is 5.39. The predicted octanol–water partition coefficient (Wildman–Crippen LogP) is 2.73. The quantitative estimate of drug-likeness (QED) is 0.744. The summed E-state index contributed by atoms with van der Waals surface area (Å²) in [6, 6.07) is 5.81. The summed E-state index contributed by atoms with van der Waals surface area (Å²) in [5.74, 6) is 2.92. The summed E-state index contributed by atoms with van der Waals surface area (Å²) in [7, 11) is 3.25. The molecule has 3 rings (SSSR count). The van der Waals surface area contributed by atoms with Gasteiger partial charge in [0.05, 0.1) is 19.9 Å². The third-order valence-corrected chi connectivity index (χ3v) is 3.61. The van der Waals surface area contributed by atoms with Gasteiger partial charge in [-0.05, 0) is 38.5 Å². The van der Waals surface area contributed by atoms with Gasteiger partial charge in [-0.3, -0.25) is 0 Å². The number of fused-ring (bicyclic) bond motifs is 1. The summed E-state index contributed by atoms with van der Waals surface area (Å²) in [6.07, 6.45) is 0. The molecule has 22 heavy (non-hydrogen) atoms. The lowest BCUT2D eigenvalue weighted by Crippen LogP contribution is -2.02. The van der Waals surface area contributed by atoms with Gasteiger partial charge in [-0.1, -0.05) is 6.07 Å². The van der Waals surface area contributed by atoms with E-state index in [0.29, 0.717) is 11.5 Å². The van der Waals surface area contributed by atoms with Crippen LogP contribution in [0.25, 0.3) is 16.8 Å². The molecule has 0 radical (unpaired) electrons. The van der Waals surface area contributed by atoms with Crippen LogP contribution in [0.1, 0.15) is 17.3 Å². The topological polar surface area (TPSA) is 61.5 Å². The van der Waals surface area contributed by atoms with Gasteiger partial charge in [-0.25, -0.2) is 14.5 Å². The average molecular weight is 298 g/mol. The van der Waals surface area contributed by atoms with Crippen LogP contribution in [0.2, 0.25) is 0 Å². The highest BCUT2D eigenvalue weighted by atomic mass is 16.5. The number of aromatic nitrogens is 4. The minimum atomic E-state index is 0.682. The van der Waals surface area contributed by atoms with Gasteiger partial charge in [-0.15, -0.1) is 0 Å². The van der Waals surface area contributed by atoms with Gasteiger partial charge in [0.2, 0.25) is 0 Å². The van der Waals surface area contributed by atoms with E-state index in [-0.39, 0.29) is 0 Å². The zero-order valence-electron chi connectivity index (χ0n) is 13.3. The summed E-state index contributed by atoms with van der Waals surface area (Å²) < 4.78 is 12.5. The van der Waals surface area contributed by atoms with E-state index < -0.39 is 0 Å². The first-order valence-corrected chi connectivity index (χ1v) is 6.98. The third kappa shape index (κ3) is 2.16. The molecular formula is C16H18N4O2. The van der Waals surface area contributed by atoms with Crippen LogP contribution >= 0.6 is 0 Å². The summed E-state index contributed by atoms with van der Waals surface area (Å²) in [4.78, 5) is 8.90. The van der Waals surface area contributed by atoms with Crippen LogP contribution in [0.4, 0.5) is 0 Å². The Labute approximate surface area is 128 Å². The molecule has 0 amide bonds. The van der Waals surface area contributed by atoms with Crippen LogP contribution in [0.15, 0.2) is 18.2 Å². The zero-order chi connectivity index (χ0) is 15.9. The van der Waals surface area contributed by atoms with Crippen molar-refractivity contribution in [3.05, 3.63) is 35.5 Å². The molecule has 0 aliphatic carbocycles. The Balaban J connectivity index is 2.28. The van der Waals surface area contributed by atoms with Gasteiger partial charge in [-0.2, -0.15) is 5.10 Å². The third-order valence-electron chi connectivity index (χ3n) is 3.61. The van der Waals surface area contributed by atoms with Crippen molar-refractivity contribution in [2.45, 2.75) is 20.8 Å². The lowest BCUT2D eigenvalue weighted by Gasteiger charge is -2.09. The van der Waals surface area contributed by atoms with Crippen LogP contribution in [0.5, 0.6) is 11.5 Å². The summed E-state index contributed by atoms with van der Waals surface area (Å²) in [6.45, 7) is 5.77. The van der Waals surface area contributed by atoms with Gasteiger partial charge < -0.3 is 9.47 Å². The number of rotatable bonds is 3. The van der Waals surface area contributed by atoms with Crippen molar-refractivity contribution in [2.75, 3.05) is 14.2 Å². The molecule has 2 aromatic heterocycles. The van der Waals surface area contributed by atoms with Crippen LogP contribution < -0.4 is 9.47 Å². The van der Waals surface area contributed by atoms with Crippen molar-refractivity contribution >= 4 is 5.65 Å². The van der Waals surface area contributed by atoms with Gasteiger partial charge in [0.1, 0.15) is 11.6 Å². The SMILES string of the molecule is COc1ccc(-c2c(C)nn3c(C)nc(C)nc23)cc1OC. The summed E-state index contributed by atoms with van der Waals surface area (Å²) in [5, 5.41) is 4.55. The first-order chi connectivity index (χ1) is 10.5. The molecule has 6 nitrogen and oxygen atoms in total. The van der Waals surface area contributed by atoms with Gasteiger partial charge >= 0.3 is 0 Å². The molecule has 0 saturated heterocycles. The van der Waals surface area contributed by atoms with Crippen molar-refractivity contribution in [1.29, 1.82) is 0 Å². The largest absolute Gasteiger partial charge is 0.493 e. The number of hydrogen-bond acceptors (Lipinski definition) is 5. The van der Waals surface area contributed by atoms with Gasteiger partial charge in [0.25, 0.3) is 0 Å². The molecule has 0 bridgehead atoms.